The van der Waals surface area contributed by atoms with Crippen molar-refractivity contribution in [3.63, 3.8) is 0 Å². The zero-order valence-corrected chi connectivity index (χ0v) is 20.9. The Morgan fingerprint density at radius 1 is 1.24 bits per heavy atom. The molecule has 1 aliphatic heterocycles. The second kappa shape index (κ2) is 11.0. The molecule has 1 fully saturated rings. The normalized spacial score (nSPS) is 18.7. The fraction of sp³-hybridized carbons (Fsp3) is 0.360. The van der Waals surface area contributed by atoms with Gasteiger partial charge in [0.15, 0.2) is 0 Å². The standard InChI is InChI=1S/C25H24ClF4N5O3/c1-2-19(33-24(38)25(28,29)30)22(36)32-20-12-34(7-5-17(20)14-8-15(26)10-16(27)9-14)23(37)18-4-3-6-35-13-31-11-21(18)35/h3-4,6,8-11,13,17,19-20H,2,5,7,12H2,1H3,(H,32,36)(H,33,38)/t17-,19+,20+/m0/s1. The quantitative estimate of drug-likeness (QED) is 0.455. The first-order valence-electron chi connectivity index (χ1n) is 11.8. The zero-order valence-electron chi connectivity index (χ0n) is 20.1. The summed E-state index contributed by atoms with van der Waals surface area (Å²) in [6.45, 7) is 1.71. The van der Waals surface area contributed by atoms with Crippen LogP contribution >= 0.6 is 11.6 Å². The summed E-state index contributed by atoms with van der Waals surface area (Å²) in [4.78, 5) is 43.5. The van der Waals surface area contributed by atoms with Gasteiger partial charge in [-0.05, 0) is 48.7 Å². The van der Waals surface area contributed by atoms with Crippen molar-refractivity contribution in [2.75, 3.05) is 13.1 Å². The van der Waals surface area contributed by atoms with Crippen molar-refractivity contribution in [2.24, 2.45) is 0 Å². The van der Waals surface area contributed by atoms with Crippen LogP contribution in [0.15, 0.2) is 49.1 Å². The summed E-state index contributed by atoms with van der Waals surface area (Å²) in [5.41, 5.74) is 1.43. The van der Waals surface area contributed by atoms with Crippen LogP contribution in [-0.2, 0) is 9.59 Å². The van der Waals surface area contributed by atoms with Crippen molar-refractivity contribution in [3.05, 3.63) is 71.0 Å². The number of hydrogen-bond donors (Lipinski definition) is 2. The smallest absolute Gasteiger partial charge is 0.349 e. The lowest BCUT2D eigenvalue weighted by Crippen LogP contribution is -2.57. The van der Waals surface area contributed by atoms with Crippen LogP contribution < -0.4 is 10.6 Å². The molecule has 0 spiro atoms. The number of pyridine rings is 1. The van der Waals surface area contributed by atoms with Crippen LogP contribution in [0.4, 0.5) is 17.6 Å². The molecule has 3 heterocycles. The molecule has 3 amide bonds. The molecule has 0 bridgehead atoms. The number of nitrogens with one attached hydrogen (secondary N) is 2. The summed E-state index contributed by atoms with van der Waals surface area (Å²) >= 11 is 6.05. The number of likely N-dealkylation sites (tertiary alicyclic amines) is 1. The zero-order chi connectivity index (χ0) is 27.6. The first kappa shape index (κ1) is 27.4. The highest BCUT2D eigenvalue weighted by atomic mass is 35.5. The average Bonchev–Trinajstić information content (AvgIpc) is 3.34. The van der Waals surface area contributed by atoms with Gasteiger partial charge in [0.2, 0.25) is 5.91 Å². The third kappa shape index (κ3) is 5.90. The molecule has 0 aliphatic carbocycles. The number of aromatic nitrogens is 2. The minimum absolute atomic E-state index is 0.0117. The van der Waals surface area contributed by atoms with Gasteiger partial charge < -0.3 is 19.9 Å². The van der Waals surface area contributed by atoms with Crippen molar-refractivity contribution in [3.8, 4) is 0 Å². The number of piperidine rings is 1. The Hall–Kier alpha value is -3.67. The maximum atomic E-state index is 14.2. The Bertz CT molecular complexity index is 1340. The maximum Gasteiger partial charge on any atom is 0.471 e. The summed E-state index contributed by atoms with van der Waals surface area (Å²) in [5.74, 6) is -4.51. The lowest BCUT2D eigenvalue weighted by molar-refractivity contribution is -0.174. The van der Waals surface area contributed by atoms with Gasteiger partial charge in [0, 0.05) is 30.2 Å². The van der Waals surface area contributed by atoms with Gasteiger partial charge in [-0.1, -0.05) is 18.5 Å². The number of imidazole rings is 1. The third-order valence-corrected chi connectivity index (χ3v) is 6.73. The molecule has 3 atom stereocenters. The number of carbonyl (C=O) groups excluding carboxylic acids is 3. The Balaban J connectivity index is 1.60. The van der Waals surface area contributed by atoms with Crippen LogP contribution in [-0.4, -0.2) is 63.4 Å². The molecule has 202 valence electrons. The number of amides is 3. The van der Waals surface area contributed by atoms with Crippen LogP contribution in [0.2, 0.25) is 5.02 Å². The Labute approximate surface area is 220 Å². The van der Waals surface area contributed by atoms with Crippen LogP contribution in [0.25, 0.3) is 5.52 Å². The predicted octanol–water partition coefficient (Wildman–Crippen LogP) is 3.70. The fourth-order valence-corrected chi connectivity index (χ4v) is 4.88. The Morgan fingerprint density at radius 3 is 2.68 bits per heavy atom. The van der Waals surface area contributed by atoms with E-state index in [0.29, 0.717) is 23.1 Å². The van der Waals surface area contributed by atoms with Gasteiger partial charge in [-0.3, -0.25) is 14.4 Å². The summed E-state index contributed by atoms with van der Waals surface area (Å²) < 4.78 is 54.2. The van der Waals surface area contributed by atoms with E-state index in [4.69, 9.17) is 11.6 Å². The van der Waals surface area contributed by atoms with Gasteiger partial charge in [0.25, 0.3) is 5.91 Å². The second-order valence-electron chi connectivity index (χ2n) is 9.00. The first-order valence-corrected chi connectivity index (χ1v) is 12.2. The van der Waals surface area contributed by atoms with E-state index in [1.165, 1.54) is 17.9 Å². The number of halogens is 5. The van der Waals surface area contributed by atoms with E-state index in [0.717, 1.165) is 6.07 Å². The molecule has 1 saturated heterocycles. The highest BCUT2D eigenvalue weighted by Gasteiger charge is 2.41. The highest BCUT2D eigenvalue weighted by Crippen LogP contribution is 2.32. The Kier molecular flexibility index (Phi) is 7.91. The van der Waals surface area contributed by atoms with E-state index in [9.17, 15) is 31.9 Å². The molecule has 2 aromatic heterocycles. The average molecular weight is 554 g/mol. The van der Waals surface area contributed by atoms with Gasteiger partial charge in [0.05, 0.1) is 29.6 Å². The van der Waals surface area contributed by atoms with E-state index < -0.39 is 41.8 Å². The molecule has 1 aliphatic rings. The van der Waals surface area contributed by atoms with Gasteiger partial charge in [-0.15, -0.1) is 0 Å². The van der Waals surface area contributed by atoms with E-state index >= 15 is 0 Å². The molecule has 0 radical (unpaired) electrons. The van der Waals surface area contributed by atoms with Gasteiger partial charge in [0.1, 0.15) is 11.9 Å². The number of rotatable bonds is 6. The summed E-state index contributed by atoms with van der Waals surface area (Å²) in [5, 5.41) is 4.52. The Morgan fingerprint density at radius 2 is 2.00 bits per heavy atom. The summed E-state index contributed by atoms with van der Waals surface area (Å²) in [6, 6.07) is 5.00. The molecular formula is C25H24ClF4N5O3. The molecule has 1 aromatic carbocycles. The van der Waals surface area contributed by atoms with E-state index in [1.54, 1.807) is 46.6 Å². The van der Waals surface area contributed by atoms with Crippen molar-refractivity contribution in [1.29, 1.82) is 0 Å². The monoisotopic (exact) mass is 553 g/mol. The van der Waals surface area contributed by atoms with E-state index in [2.05, 4.69) is 10.3 Å². The molecule has 3 aromatic rings. The molecule has 8 nitrogen and oxygen atoms in total. The lowest BCUT2D eigenvalue weighted by Gasteiger charge is -2.40. The predicted molar refractivity (Wildman–Crippen MR) is 130 cm³/mol. The first-order chi connectivity index (χ1) is 18.0. The number of hydrogen-bond acceptors (Lipinski definition) is 4. The number of nitrogens with zero attached hydrogens (tertiary/aromatic N) is 3. The van der Waals surface area contributed by atoms with E-state index in [1.807, 2.05) is 0 Å². The molecule has 0 unspecified atom stereocenters. The van der Waals surface area contributed by atoms with E-state index in [-0.39, 0.29) is 30.4 Å². The van der Waals surface area contributed by atoms with Crippen LogP contribution in [0.3, 0.4) is 0 Å². The topological polar surface area (TPSA) is 95.8 Å². The van der Waals surface area contributed by atoms with Crippen LogP contribution in [0.5, 0.6) is 0 Å². The van der Waals surface area contributed by atoms with Crippen molar-refractivity contribution in [2.45, 2.75) is 43.9 Å². The third-order valence-electron chi connectivity index (χ3n) is 6.51. The maximum absolute atomic E-state index is 14.2. The molecule has 4 rings (SSSR count). The second-order valence-corrected chi connectivity index (χ2v) is 9.44. The molecule has 2 N–H and O–H groups in total. The number of fused-ring (bicyclic) bond motifs is 1. The van der Waals surface area contributed by atoms with Crippen LogP contribution in [0.1, 0.15) is 41.6 Å². The van der Waals surface area contributed by atoms with Gasteiger partial charge in [-0.25, -0.2) is 9.37 Å². The molecule has 38 heavy (non-hydrogen) atoms. The molecule has 13 heteroatoms. The SMILES string of the molecule is CC[C@@H](NC(=O)C(F)(F)F)C(=O)N[C@@H]1CN(C(=O)c2cccn3cncc23)CC[C@H]1c1cc(F)cc(Cl)c1. The highest BCUT2D eigenvalue weighted by molar-refractivity contribution is 6.30. The number of alkyl halides is 3. The van der Waals surface area contributed by atoms with Crippen LogP contribution in [0, 0.1) is 5.82 Å². The van der Waals surface area contributed by atoms with Crippen molar-refractivity contribution >= 4 is 34.8 Å². The van der Waals surface area contributed by atoms with Gasteiger partial charge in [-0.2, -0.15) is 13.2 Å². The number of benzene rings is 1. The van der Waals surface area contributed by atoms with Crippen molar-refractivity contribution < 1.29 is 31.9 Å². The minimum Gasteiger partial charge on any atom is -0.349 e. The van der Waals surface area contributed by atoms with Gasteiger partial charge >= 0.3 is 12.1 Å². The largest absolute Gasteiger partial charge is 0.471 e. The fourth-order valence-electron chi connectivity index (χ4n) is 4.65. The number of carbonyl (C=O) groups is 3. The van der Waals surface area contributed by atoms with Crippen molar-refractivity contribution in [1.82, 2.24) is 24.9 Å². The summed E-state index contributed by atoms with van der Waals surface area (Å²) in [7, 11) is 0. The molecular weight excluding hydrogens is 530 g/mol. The minimum atomic E-state index is -5.16. The molecule has 0 saturated carbocycles. The summed E-state index contributed by atoms with van der Waals surface area (Å²) in [6.07, 6.45) is -0.120. The lowest BCUT2D eigenvalue weighted by atomic mass is 9.84.